The molecule has 0 aliphatic heterocycles. The van der Waals surface area contributed by atoms with Crippen LogP contribution in [0.1, 0.15) is 33.1 Å². The van der Waals surface area contributed by atoms with Gasteiger partial charge < -0.3 is 5.32 Å². The lowest BCUT2D eigenvalue weighted by Gasteiger charge is -2.16. The average Bonchev–Trinajstić information content (AvgIpc) is 3.10. The molecule has 1 nitrogen and oxygen atoms in total. The largest absolute Gasteiger partial charge is 0.316 e. The summed E-state index contributed by atoms with van der Waals surface area (Å²) in [5.41, 5.74) is 0.636. The molecule has 1 aromatic carbocycles. The van der Waals surface area contributed by atoms with Gasteiger partial charge in [0, 0.05) is 11.4 Å². The zero-order valence-corrected chi connectivity index (χ0v) is 12.4. The van der Waals surface area contributed by atoms with E-state index in [9.17, 15) is 0 Å². The summed E-state index contributed by atoms with van der Waals surface area (Å²) < 4.78 is 0. The maximum Gasteiger partial charge on any atom is 0.00719 e. The first kappa shape index (κ1) is 14.0. The zero-order valence-electron chi connectivity index (χ0n) is 11.6. The lowest BCUT2D eigenvalue weighted by atomic mass is 10.0. The normalized spacial score (nSPS) is 17.1. The number of thioether (sulfide) groups is 1. The third kappa shape index (κ3) is 4.66. The summed E-state index contributed by atoms with van der Waals surface area (Å²) in [4.78, 5) is 1.41. The van der Waals surface area contributed by atoms with Crippen molar-refractivity contribution in [1.82, 2.24) is 5.32 Å². The van der Waals surface area contributed by atoms with Crippen molar-refractivity contribution in [3.8, 4) is 0 Å². The highest BCUT2D eigenvalue weighted by Crippen LogP contribution is 2.49. The lowest BCUT2D eigenvalue weighted by molar-refractivity contribution is 0.425. The van der Waals surface area contributed by atoms with Crippen LogP contribution < -0.4 is 5.32 Å². The highest BCUT2D eigenvalue weighted by molar-refractivity contribution is 7.99. The molecule has 1 aliphatic rings. The molecule has 1 saturated carbocycles. The van der Waals surface area contributed by atoms with Gasteiger partial charge in [-0.1, -0.05) is 32.0 Å². The van der Waals surface area contributed by atoms with Gasteiger partial charge in [-0.3, -0.25) is 0 Å². The van der Waals surface area contributed by atoms with Gasteiger partial charge in [-0.15, -0.1) is 11.8 Å². The standard InChI is InChI=1S/C16H25NS/c1-14(2)12-17-13-16(8-9-16)10-11-18-15-6-4-3-5-7-15/h3-7,14,17H,8-13H2,1-2H3. The monoisotopic (exact) mass is 263 g/mol. The van der Waals surface area contributed by atoms with Crippen LogP contribution in [0.3, 0.4) is 0 Å². The van der Waals surface area contributed by atoms with Gasteiger partial charge >= 0.3 is 0 Å². The van der Waals surface area contributed by atoms with E-state index in [4.69, 9.17) is 0 Å². The van der Waals surface area contributed by atoms with E-state index < -0.39 is 0 Å². The fourth-order valence-corrected chi connectivity index (χ4v) is 3.34. The molecular formula is C16H25NS. The zero-order chi connectivity index (χ0) is 12.8. The second-order valence-corrected chi connectivity index (χ2v) is 7.10. The molecule has 2 rings (SSSR count). The molecule has 0 unspecified atom stereocenters. The van der Waals surface area contributed by atoms with E-state index in [0.717, 1.165) is 12.5 Å². The average molecular weight is 263 g/mol. The van der Waals surface area contributed by atoms with Crippen molar-refractivity contribution in [1.29, 1.82) is 0 Å². The topological polar surface area (TPSA) is 12.0 Å². The summed E-state index contributed by atoms with van der Waals surface area (Å²) in [6, 6.07) is 10.8. The van der Waals surface area contributed by atoms with Gasteiger partial charge in [0.05, 0.1) is 0 Å². The van der Waals surface area contributed by atoms with Gasteiger partial charge in [-0.05, 0) is 55.0 Å². The van der Waals surface area contributed by atoms with Gasteiger partial charge in [0.2, 0.25) is 0 Å². The van der Waals surface area contributed by atoms with E-state index in [1.165, 1.54) is 36.5 Å². The van der Waals surface area contributed by atoms with E-state index in [1.807, 2.05) is 11.8 Å². The molecule has 1 aliphatic carbocycles. The summed E-state index contributed by atoms with van der Waals surface area (Å²) in [5.74, 6) is 2.02. The van der Waals surface area contributed by atoms with Crippen LogP contribution in [0, 0.1) is 11.3 Å². The van der Waals surface area contributed by atoms with Crippen LogP contribution in [-0.4, -0.2) is 18.8 Å². The maximum atomic E-state index is 3.63. The minimum absolute atomic E-state index is 0.636. The van der Waals surface area contributed by atoms with Crippen molar-refractivity contribution in [3.63, 3.8) is 0 Å². The van der Waals surface area contributed by atoms with Crippen molar-refractivity contribution in [2.45, 2.75) is 38.0 Å². The predicted molar refractivity (Wildman–Crippen MR) is 81.2 cm³/mol. The summed E-state index contributed by atoms with van der Waals surface area (Å²) in [6.07, 6.45) is 4.21. The van der Waals surface area contributed by atoms with Crippen molar-refractivity contribution in [3.05, 3.63) is 30.3 Å². The quantitative estimate of drug-likeness (QED) is 0.706. The van der Waals surface area contributed by atoms with Crippen LogP contribution in [0.25, 0.3) is 0 Å². The molecule has 0 atom stereocenters. The Morgan fingerprint density at radius 2 is 1.94 bits per heavy atom. The second kappa shape index (κ2) is 6.63. The number of benzene rings is 1. The molecule has 1 N–H and O–H groups in total. The molecule has 0 heterocycles. The summed E-state index contributed by atoms with van der Waals surface area (Å²) in [7, 11) is 0. The van der Waals surface area contributed by atoms with E-state index in [-0.39, 0.29) is 0 Å². The van der Waals surface area contributed by atoms with Crippen LogP contribution >= 0.6 is 11.8 Å². The van der Waals surface area contributed by atoms with Crippen molar-refractivity contribution < 1.29 is 0 Å². The molecule has 0 spiro atoms. The number of hydrogen-bond donors (Lipinski definition) is 1. The van der Waals surface area contributed by atoms with Gasteiger partial charge in [-0.25, -0.2) is 0 Å². The van der Waals surface area contributed by atoms with Crippen molar-refractivity contribution >= 4 is 11.8 Å². The van der Waals surface area contributed by atoms with Crippen molar-refractivity contribution in [2.24, 2.45) is 11.3 Å². The first-order valence-corrected chi connectivity index (χ1v) is 8.07. The van der Waals surface area contributed by atoms with E-state index in [1.54, 1.807) is 0 Å². The molecular weight excluding hydrogens is 238 g/mol. The SMILES string of the molecule is CC(C)CNCC1(CCSc2ccccc2)CC1. The minimum Gasteiger partial charge on any atom is -0.316 e. The predicted octanol–water partition coefficient (Wildman–Crippen LogP) is 4.19. The third-order valence-electron chi connectivity index (χ3n) is 3.65. The molecule has 1 fully saturated rings. The number of hydrogen-bond acceptors (Lipinski definition) is 2. The van der Waals surface area contributed by atoms with Gasteiger partial charge in [-0.2, -0.15) is 0 Å². The highest BCUT2D eigenvalue weighted by atomic mass is 32.2. The van der Waals surface area contributed by atoms with Crippen LogP contribution in [0.4, 0.5) is 0 Å². The first-order valence-electron chi connectivity index (χ1n) is 7.09. The number of rotatable bonds is 8. The fraction of sp³-hybridized carbons (Fsp3) is 0.625. The Morgan fingerprint density at radius 3 is 2.56 bits per heavy atom. The Balaban J connectivity index is 1.64. The Hall–Kier alpha value is -0.470. The van der Waals surface area contributed by atoms with Gasteiger partial charge in [0.25, 0.3) is 0 Å². The van der Waals surface area contributed by atoms with Crippen LogP contribution in [0.2, 0.25) is 0 Å². The maximum absolute atomic E-state index is 3.63. The molecule has 18 heavy (non-hydrogen) atoms. The second-order valence-electron chi connectivity index (χ2n) is 5.94. The smallest absolute Gasteiger partial charge is 0.00719 e. The highest BCUT2D eigenvalue weighted by Gasteiger charge is 2.41. The summed E-state index contributed by atoms with van der Waals surface area (Å²) >= 11 is 2.00. The molecule has 0 bridgehead atoms. The first-order chi connectivity index (χ1) is 8.70. The third-order valence-corrected chi connectivity index (χ3v) is 4.67. The fourth-order valence-electron chi connectivity index (χ4n) is 2.22. The Morgan fingerprint density at radius 1 is 1.22 bits per heavy atom. The van der Waals surface area contributed by atoms with E-state index in [2.05, 4.69) is 49.5 Å². The van der Waals surface area contributed by atoms with Crippen molar-refractivity contribution in [2.75, 3.05) is 18.8 Å². The Kier molecular flexibility index (Phi) is 5.13. The summed E-state index contributed by atoms with van der Waals surface area (Å²) in [5, 5.41) is 3.63. The van der Waals surface area contributed by atoms with Gasteiger partial charge in [0.1, 0.15) is 0 Å². The van der Waals surface area contributed by atoms with E-state index in [0.29, 0.717) is 5.41 Å². The van der Waals surface area contributed by atoms with Crippen LogP contribution in [-0.2, 0) is 0 Å². The molecule has 0 saturated heterocycles. The van der Waals surface area contributed by atoms with E-state index >= 15 is 0 Å². The molecule has 1 aromatic rings. The lowest BCUT2D eigenvalue weighted by Crippen LogP contribution is -2.27. The molecule has 100 valence electrons. The molecule has 0 amide bonds. The van der Waals surface area contributed by atoms with Gasteiger partial charge in [0.15, 0.2) is 0 Å². The Labute approximate surface area is 116 Å². The summed E-state index contributed by atoms with van der Waals surface area (Å²) in [6.45, 7) is 6.93. The molecule has 0 aromatic heterocycles. The minimum atomic E-state index is 0.636. The van der Waals surface area contributed by atoms with Crippen LogP contribution in [0.5, 0.6) is 0 Å². The number of nitrogens with one attached hydrogen (secondary N) is 1. The molecule has 0 radical (unpaired) electrons. The Bertz CT molecular complexity index is 343. The molecule has 2 heteroatoms. The van der Waals surface area contributed by atoms with Crippen LogP contribution in [0.15, 0.2) is 35.2 Å².